The van der Waals surface area contributed by atoms with Gasteiger partial charge in [-0.2, -0.15) is 0 Å². The number of hydrogen-bond donors (Lipinski definition) is 0. The van der Waals surface area contributed by atoms with Crippen molar-refractivity contribution in [3.8, 4) is 0 Å². The highest BCUT2D eigenvalue weighted by molar-refractivity contribution is 8.03. The van der Waals surface area contributed by atoms with Crippen LogP contribution in [0.25, 0.3) is 0 Å². The van der Waals surface area contributed by atoms with Crippen LogP contribution in [0, 0.1) is 5.92 Å². The van der Waals surface area contributed by atoms with Gasteiger partial charge in [0.05, 0.1) is 0 Å². The van der Waals surface area contributed by atoms with Gasteiger partial charge in [-0.3, -0.25) is 0 Å². The van der Waals surface area contributed by atoms with Gasteiger partial charge in [-0.15, -0.1) is 11.8 Å². The zero-order chi connectivity index (χ0) is 7.73. The third-order valence-corrected chi connectivity index (χ3v) is 4.49. The molecule has 0 aromatic rings. The second-order valence-corrected chi connectivity index (χ2v) is 5.40. The molecule has 0 saturated heterocycles. The lowest BCUT2D eigenvalue weighted by Crippen LogP contribution is -2.23. The summed E-state index contributed by atoms with van der Waals surface area (Å²) in [7, 11) is 0. The molecule has 2 rings (SSSR count). The maximum Gasteiger partial charge on any atom is 0.0203 e. The van der Waals surface area contributed by atoms with Gasteiger partial charge in [-0.25, -0.2) is 0 Å². The Labute approximate surface area is 73.4 Å². The van der Waals surface area contributed by atoms with E-state index < -0.39 is 0 Å². The van der Waals surface area contributed by atoms with Crippen LogP contribution in [0.2, 0.25) is 0 Å². The van der Waals surface area contributed by atoms with Gasteiger partial charge in [0, 0.05) is 4.75 Å². The van der Waals surface area contributed by atoms with E-state index in [1.54, 1.807) is 0 Å². The lowest BCUT2D eigenvalue weighted by molar-refractivity contribution is 0.386. The van der Waals surface area contributed by atoms with Crippen LogP contribution in [0.4, 0.5) is 0 Å². The molecule has 2 unspecified atom stereocenters. The van der Waals surface area contributed by atoms with Crippen LogP contribution in [-0.4, -0.2) is 4.75 Å². The molecule has 0 radical (unpaired) electrons. The van der Waals surface area contributed by atoms with E-state index in [-0.39, 0.29) is 0 Å². The molecule has 0 aliphatic heterocycles. The smallest absolute Gasteiger partial charge is 0.0203 e. The van der Waals surface area contributed by atoms with Gasteiger partial charge in [-0.05, 0) is 37.0 Å². The number of fused-ring (bicyclic) bond motifs is 2. The Morgan fingerprint density at radius 2 is 2.27 bits per heavy atom. The Balaban J connectivity index is 2.06. The van der Waals surface area contributed by atoms with Gasteiger partial charge in [0.1, 0.15) is 0 Å². The summed E-state index contributed by atoms with van der Waals surface area (Å²) in [6.45, 7) is 3.83. The predicted octanol–water partition coefficient (Wildman–Crippen LogP) is 3.59. The van der Waals surface area contributed by atoms with Crippen LogP contribution in [0.1, 0.15) is 38.5 Å². The molecule has 62 valence electrons. The highest BCUT2D eigenvalue weighted by Gasteiger charge is 2.41. The van der Waals surface area contributed by atoms with E-state index in [4.69, 9.17) is 0 Å². The fourth-order valence-electron chi connectivity index (χ4n) is 2.73. The van der Waals surface area contributed by atoms with Gasteiger partial charge >= 0.3 is 0 Å². The highest BCUT2D eigenvalue weighted by atomic mass is 32.2. The molecular formula is C10H16S. The SMILES string of the molecule is C=CSC12CCCC(CC1)C2. The van der Waals surface area contributed by atoms with E-state index in [0.29, 0.717) is 4.75 Å². The molecule has 2 atom stereocenters. The number of thioether (sulfide) groups is 1. The minimum absolute atomic E-state index is 0.644. The molecule has 2 fully saturated rings. The standard InChI is InChI=1S/C10H16S/c1-2-11-10-6-3-4-9(8-10)5-7-10/h2,9H,1,3-8H2. The Hall–Kier alpha value is 0.0900. The Morgan fingerprint density at radius 3 is 3.09 bits per heavy atom. The fraction of sp³-hybridized carbons (Fsp3) is 0.800. The maximum absolute atomic E-state index is 3.83. The summed E-state index contributed by atoms with van der Waals surface area (Å²) in [6, 6.07) is 0. The molecule has 0 heterocycles. The van der Waals surface area contributed by atoms with Gasteiger partial charge in [0.15, 0.2) is 0 Å². The number of rotatable bonds is 2. The lowest BCUT2D eigenvalue weighted by atomic mass is 9.89. The molecule has 11 heavy (non-hydrogen) atoms. The summed E-state index contributed by atoms with van der Waals surface area (Å²) in [5.74, 6) is 1.07. The molecule has 0 amide bonds. The third-order valence-electron chi connectivity index (χ3n) is 3.25. The van der Waals surface area contributed by atoms with E-state index in [9.17, 15) is 0 Å². The summed E-state index contributed by atoms with van der Waals surface area (Å²) in [4.78, 5) is 0. The number of hydrogen-bond acceptors (Lipinski definition) is 1. The molecule has 0 aromatic heterocycles. The van der Waals surface area contributed by atoms with E-state index in [1.807, 2.05) is 17.2 Å². The van der Waals surface area contributed by atoms with Crippen molar-refractivity contribution >= 4 is 11.8 Å². The zero-order valence-electron chi connectivity index (χ0n) is 7.01. The first-order valence-corrected chi connectivity index (χ1v) is 5.51. The van der Waals surface area contributed by atoms with E-state index >= 15 is 0 Å². The average Bonchev–Trinajstić information content (AvgIpc) is 2.28. The molecule has 0 spiro atoms. The molecular weight excluding hydrogens is 152 g/mol. The molecule has 0 N–H and O–H groups in total. The quantitative estimate of drug-likeness (QED) is 0.607. The fourth-order valence-corrected chi connectivity index (χ4v) is 3.91. The topological polar surface area (TPSA) is 0 Å². The Bertz CT molecular complexity index is 160. The van der Waals surface area contributed by atoms with Crippen molar-refractivity contribution in [1.29, 1.82) is 0 Å². The van der Waals surface area contributed by atoms with Crippen LogP contribution in [0.3, 0.4) is 0 Å². The molecule has 1 heteroatoms. The van der Waals surface area contributed by atoms with Crippen molar-refractivity contribution in [2.24, 2.45) is 5.92 Å². The molecule has 0 aromatic carbocycles. The monoisotopic (exact) mass is 168 g/mol. The Morgan fingerprint density at radius 1 is 1.36 bits per heavy atom. The summed E-state index contributed by atoms with van der Waals surface area (Å²) >= 11 is 2.01. The minimum atomic E-state index is 0.644. The Kier molecular flexibility index (Phi) is 2.00. The molecule has 2 aliphatic rings. The highest BCUT2D eigenvalue weighted by Crippen LogP contribution is 2.52. The first kappa shape index (κ1) is 7.72. The van der Waals surface area contributed by atoms with Crippen molar-refractivity contribution in [3.63, 3.8) is 0 Å². The maximum atomic E-state index is 3.83. The molecule has 2 saturated carbocycles. The van der Waals surface area contributed by atoms with E-state index in [1.165, 1.54) is 38.5 Å². The van der Waals surface area contributed by atoms with Crippen LogP contribution in [0.15, 0.2) is 12.0 Å². The van der Waals surface area contributed by atoms with Gasteiger partial charge < -0.3 is 0 Å². The first-order chi connectivity index (χ1) is 5.35. The normalized spacial score (nSPS) is 42.4. The van der Waals surface area contributed by atoms with Crippen LogP contribution in [-0.2, 0) is 0 Å². The van der Waals surface area contributed by atoms with Gasteiger partial charge in [-0.1, -0.05) is 19.4 Å². The first-order valence-electron chi connectivity index (χ1n) is 4.63. The van der Waals surface area contributed by atoms with E-state index in [0.717, 1.165) is 5.92 Å². The average molecular weight is 168 g/mol. The van der Waals surface area contributed by atoms with Crippen LogP contribution in [0.5, 0.6) is 0 Å². The van der Waals surface area contributed by atoms with E-state index in [2.05, 4.69) is 6.58 Å². The van der Waals surface area contributed by atoms with Crippen molar-refractivity contribution in [2.45, 2.75) is 43.3 Å². The summed E-state index contributed by atoms with van der Waals surface area (Å²) in [5, 5.41) is 2.05. The van der Waals surface area contributed by atoms with Crippen LogP contribution >= 0.6 is 11.8 Å². The summed E-state index contributed by atoms with van der Waals surface area (Å²) < 4.78 is 0.644. The second-order valence-electron chi connectivity index (χ2n) is 3.97. The lowest BCUT2D eigenvalue weighted by Gasteiger charge is -2.31. The van der Waals surface area contributed by atoms with Gasteiger partial charge in [0.25, 0.3) is 0 Å². The van der Waals surface area contributed by atoms with Crippen molar-refractivity contribution in [2.75, 3.05) is 0 Å². The second kappa shape index (κ2) is 2.85. The van der Waals surface area contributed by atoms with Crippen molar-refractivity contribution < 1.29 is 0 Å². The summed E-state index contributed by atoms with van der Waals surface area (Å²) in [5.41, 5.74) is 0. The molecule has 2 aliphatic carbocycles. The predicted molar refractivity (Wildman–Crippen MR) is 51.7 cm³/mol. The zero-order valence-corrected chi connectivity index (χ0v) is 7.83. The largest absolute Gasteiger partial charge is 0.128 e. The molecule has 0 nitrogen and oxygen atoms in total. The van der Waals surface area contributed by atoms with Crippen LogP contribution < -0.4 is 0 Å². The van der Waals surface area contributed by atoms with Gasteiger partial charge in [0.2, 0.25) is 0 Å². The third kappa shape index (κ3) is 1.35. The molecule has 2 bridgehead atoms. The minimum Gasteiger partial charge on any atom is -0.128 e. The van der Waals surface area contributed by atoms with Crippen molar-refractivity contribution in [3.05, 3.63) is 12.0 Å². The summed E-state index contributed by atoms with van der Waals surface area (Å²) in [6.07, 6.45) is 8.82. The van der Waals surface area contributed by atoms with Crippen molar-refractivity contribution in [1.82, 2.24) is 0 Å².